The maximum Gasteiger partial charge on any atom is 0.319 e. The van der Waals surface area contributed by atoms with Gasteiger partial charge in [-0.15, -0.1) is 0 Å². The Morgan fingerprint density at radius 3 is 2.50 bits per heavy atom. The first-order valence-electron chi connectivity index (χ1n) is 7.28. The standard InChI is InChI=1S/C17H19BrN2O4/c1-22-15-8-7-12(11-16(15)23-2)20-17(21)19-9-10-24-14-6-4-3-5-13(14)18/h3-8,11H,9-10H2,1-2H3,(H2,19,20,21). The van der Waals surface area contributed by atoms with Crippen LogP contribution in [-0.4, -0.2) is 33.4 Å². The molecule has 0 saturated carbocycles. The van der Waals surface area contributed by atoms with E-state index in [4.69, 9.17) is 14.2 Å². The average molecular weight is 395 g/mol. The lowest BCUT2D eigenvalue weighted by Gasteiger charge is -2.12. The zero-order valence-corrected chi connectivity index (χ0v) is 15.1. The van der Waals surface area contributed by atoms with E-state index in [-0.39, 0.29) is 6.03 Å². The van der Waals surface area contributed by atoms with Crippen LogP contribution in [0.15, 0.2) is 46.9 Å². The van der Waals surface area contributed by atoms with Gasteiger partial charge in [0, 0.05) is 11.8 Å². The highest BCUT2D eigenvalue weighted by atomic mass is 79.9. The number of carbonyl (C=O) groups excluding carboxylic acids is 1. The number of methoxy groups -OCH3 is 2. The Labute approximate surface area is 149 Å². The molecule has 2 aromatic rings. The summed E-state index contributed by atoms with van der Waals surface area (Å²) in [4.78, 5) is 11.9. The van der Waals surface area contributed by atoms with Crippen LogP contribution in [0.1, 0.15) is 0 Å². The molecule has 0 radical (unpaired) electrons. The molecule has 2 aromatic carbocycles. The minimum atomic E-state index is -0.321. The Balaban J connectivity index is 1.78. The summed E-state index contributed by atoms with van der Waals surface area (Å²) in [6.07, 6.45) is 0. The van der Waals surface area contributed by atoms with Crippen molar-refractivity contribution < 1.29 is 19.0 Å². The Morgan fingerprint density at radius 1 is 1.04 bits per heavy atom. The number of anilines is 1. The van der Waals surface area contributed by atoms with Crippen molar-refractivity contribution in [3.05, 3.63) is 46.9 Å². The smallest absolute Gasteiger partial charge is 0.319 e. The van der Waals surface area contributed by atoms with Gasteiger partial charge in [-0.25, -0.2) is 4.79 Å². The molecule has 0 aliphatic rings. The van der Waals surface area contributed by atoms with Gasteiger partial charge < -0.3 is 24.8 Å². The summed E-state index contributed by atoms with van der Waals surface area (Å²) in [7, 11) is 3.10. The molecule has 7 heteroatoms. The molecular weight excluding hydrogens is 376 g/mol. The van der Waals surface area contributed by atoms with Gasteiger partial charge in [0.1, 0.15) is 12.4 Å². The van der Waals surface area contributed by atoms with Crippen molar-refractivity contribution in [1.82, 2.24) is 5.32 Å². The van der Waals surface area contributed by atoms with Gasteiger partial charge in [-0.1, -0.05) is 12.1 Å². The summed E-state index contributed by atoms with van der Waals surface area (Å²) >= 11 is 3.40. The summed E-state index contributed by atoms with van der Waals surface area (Å²) in [5.41, 5.74) is 0.608. The molecule has 0 unspecified atom stereocenters. The number of benzene rings is 2. The predicted molar refractivity (Wildman–Crippen MR) is 96.2 cm³/mol. The van der Waals surface area contributed by atoms with Crippen molar-refractivity contribution in [3.8, 4) is 17.2 Å². The number of amides is 2. The molecule has 2 rings (SSSR count). The third-order valence-electron chi connectivity index (χ3n) is 3.12. The number of ether oxygens (including phenoxy) is 3. The lowest BCUT2D eigenvalue weighted by Crippen LogP contribution is -2.32. The number of halogens is 1. The molecule has 0 saturated heterocycles. The van der Waals surface area contributed by atoms with Crippen LogP contribution >= 0.6 is 15.9 Å². The van der Waals surface area contributed by atoms with E-state index in [0.29, 0.717) is 30.3 Å². The van der Waals surface area contributed by atoms with E-state index in [1.807, 2.05) is 24.3 Å². The third-order valence-corrected chi connectivity index (χ3v) is 3.78. The van der Waals surface area contributed by atoms with Crippen LogP contribution in [0.3, 0.4) is 0 Å². The van der Waals surface area contributed by atoms with Gasteiger partial charge in [-0.05, 0) is 40.2 Å². The Kier molecular flexibility index (Phi) is 6.74. The summed E-state index contributed by atoms with van der Waals surface area (Å²) < 4.78 is 16.8. The number of para-hydroxylation sites is 1. The first-order chi connectivity index (χ1) is 11.6. The predicted octanol–water partition coefficient (Wildman–Crippen LogP) is 3.67. The highest BCUT2D eigenvalue weighted by molar-refractivity contribution is 9.10. The fourth-order valence-electron chi connectivity index (χ4n) is 1.98. The number of hydrogen-bond donors (Lipinski definition) is 2. The average Bonchev–Trinajstić information content (AvgIpc) is 2.60. The molecule has 128 valence electrons. The van der Waals surface area contributed by atoms with E-state index in [9.17, 15) is 4.79 Å². The molecule has 0 spiro atoms. The zero-order valence-electron chi connectivity index (χ0n) is 13.5. The maximum absolute atomic E-state index is 11.9. The SMILES string of the molecule is COc1ccc(NC(=O)NCCOc2ccccc2Br)cc1OC. The van der Waals surface area contributed by atoms with Crippen molar-refractivity contribution >= 4 is 27.6 Å². The van der Waals surface area contributed by atoms with Crippen LogP contribution in [0, 0.1) is 0 Å². The molecule has 0 fully saturated rings. The summed E-state index contributed by atoms with van der Waals surface area (Å²) in [6, 6.07) is 12.4. The minimum Gasteiger partial charge on any atom is -0.493 e. The largest absolute Gasteiger partial charge is 0.493 e. The van der Waals surface area contributed by atoms with E-state index in [1.165, 1.54) is 0 Å². The highest BCUT2D eigenvalue weighted by Gasteiger charge is 2.07. The molecule has 6 nitrogen and oxygen atoms in total. The van der Waals surface area contributed by atoms with E-state index >= 15 is 0 Å². The number of carbonyl (C=O) groups is 1. The number of rotatable bonds is 7. The van der Waals surface area contributed by atoms with Gasteiger partial charge in [0.15, 0.2) is 11.5 Å². The molecule has 2 N–H and O–H groups in total. The second kappa shape index (κ2) is 9.02. The normalized spacial score (nSPS) is 9.96. The van der Waals surface area contributed by atoms with Crippen molar-refractivity contribution in [1.29, 1.82) is 0 Å². The molecule has 0 aliphatic heterocycles. The number of urea groups is 1. The molecule has 2 amide bonds. The fourth-order valence-corrected chi connectivity index (χ4v) is 2.38. The van der Waals surface area contributed by atoms with Crippen molar-refractivity contribution in [3.63, 3.8) is 0 Å². The molecule has 0 bridgehead atoms. The highest BCUT2D eigenvalue weighted by Crippen LogP contribution is 2.29. The maximum atomic E-state index is 11.9. The van der Waals surface area contributed by atoms with Crippen LogP contribution in [0.2, 0.25) is 0 Å². The van der Waals surface area contributed by atoms with Crippen LogP contribution in [0.4, 0.5) is 10.5 Å². The lowest BCUT2D eigenvalue weighted by molar-refractivity contribution is 0.247. The van der Waals surface area contributed by atoms with E-state index in [0.717, 1.165) is 10.2 Å². The van der Waals surface area contributed by atoms with Gasteiger partial charge in [0.05, 0.1) is 25.2 Å². The molecule has 0 aliphatic carbocycles. The summed E-state index contributed by atoms with van der Waals surface area (Å²) in [5.74, 6) is 1.89. The van der Waals surface area contributed by atoms with Gasteiger partial charge in [0.2, 0.25) is 0 Å². The monoisotopic (exact) mass is 394 g/mol. The molecular formula is C17H19BrN2O4. The molecule has 24 heavy (non-hydrogen) atoms. The summed E-state index contributed by atoms with van der Waals surface area (Å²) in [5, 5.41) is 5.45. The fraction of sp³-hybridized carbons (Fsp3) is 0.235. The van der Waals surface area contributed by atoms with Crippen LogP contribution < -0.4 is 24.8 Å². The van der Waals surface area contributed by atoms with Gasteiger partial charge in [0.25, 0.3) is 0 Å². The van der Waals surface area contributed by atoms with Crippen molar-refractivity contribution in [2.75, 3.05) is 32.7 Å². The molecule has 0 atom stereocenters. The van der Waals surface area contributed by atoms with Gasteiger partial charge >= 0.3 is 6.03 Å². The quantitative estimate of drug-likeness (QED) is 0.702. The van der Waals surface area contributed by atoms with Crippen LogP contribution in [0.5, 0.6) is 17.2 Å². The Morgan fingerprint density at radius 2 is 1.79 bits per heavy atom. The number of nitrogens with one attached hydrogen (secondary N) is 2. The van der Waals surface area contributed by atoms with Crippen LogP contribution in [0.25, 0.3) is 0 Å². The third kappa shape index (κ3) is 5.06. The minimum absolute atomic E-state index is 0.321. The second-order valence-electron chi connectivity index (χ2n) is 4.73. The van der Waals surface area contributed by atoms with Gasteiger partial charge in [-0.2, -0.15) is 0 Å². The molecule has 0 heterocycles. The number of hydrogen-bond acceptors (Lipinski definition) is 4. The Hall–Kier alpha value is -2.41. The van der Waals surface area contributed by atoms with Gasteiger partial charge in [-0.3, -0.25) is 0 Å². The topological polar surface area (TPSA) is 68.8 Å². The summed E-state index contributed by atoms with van der Waals surface area (Å²) in [6.45, 7) is 0.739. The van der Waals surface area contributed by atoms with E-state index in [2.05, 4.69) is 26.6 Å². The lowest BCUT2D eigenvalue weighted by atomic mass is 10.3. The Bertz CT molecular complexity index is 694. The first kappa shape index (κ1) is 17.9. The second-order valence-corrected chi connectivity index (χ2v) is 5.58. The van der Waals surface area contributed by atoms with E-state index in [1.54, 1.807) is 32.4 Å². The van der Waals surface area contributed by atoms with E-state index < -0.39 is 0 Å². The van der Waals surface area contributed by atoms with Crippen LogP contribution in [-0.2, 0) is 0 Å². The van der Waals surface area contributed by atoms with Crippen molar-refractivity contribution in [2.45, 2.75) is 0 Å². The first-order valence-corrected chi connectivity index (χ1v) is 8.07. The van der Waals surface area contributed by atoms with Crippen molar-refractivity contribution in [2.24, 2.45) is 0 Å². The zero-order chi connectivity index (χ0) is 17.4. The molecule has 0 aromatic heterocycles.